The molecule has 0 radical (unpaired) electrons. The second-order valence-corrected chi connectivity index (χ2v) is 5.33. The Balaban J connectivity index is 1.82. The fourth-order valence-corrected chi connectivity index (χ4v) is 2.43. The van der Waals surface area contributed by atoms with Crippen molar-refractivity contribution in [2.24, 2.45) is 5.92 Å². The zero-order valence-corrected chi connectivity index (χ0v) is 12.5. The van der Waals surface area contributed by atoms with Crippen molar-refractivity contribution in [3.05, 3.63) is 17.5 Å². The van der Waals surface area contributed by atoms with Crippen molar-refractivity contribution in [3.8, 4) is 0 Å². The molecule has 1 aliphatic rings. The van der Waals surface area contributed by atoms with Gasteiger partial charge in [-0.15, -0.1) is 0 Å². The first kappa shape index (κ1) is 15.5. The number of likely N-dealkylation sites (tertiary alicyclic amines) is 1. The SMILES string of the molecule is COCCN1C[C@H](C(=O)NCc2cc(C)[nH]n2)CCC1=O. The van der Waals surface area contributed by atoms with Crippen molar-refractivity contribution in [2.45, 2.75) is 26.3 Å². The average molecular weight is 294 g/mol. The van der Waals surface area contributed by atoms with Crippen molar-refractivity contribution in [1.82, 2.24) is 20.4 Å². The molecule has 1 saturated heterocycles. The highest BCUT2D eigenvalue weighted by Gasteiger charge is 2.29. The molecular weight excluding hydrogens is 272 g/mol. The Morgan fingerprint density at radius 1 is 1.62 bits per heavy atom. The van der Waals surface area contributed by atoms with Gasteiger partial charge in [-0.25, -0.2) is 0 Å². The Morgan fingerprint density at radius 2 is 2.43 bits per heavy atom. The number of methoxy groups -OCH3 is 1. The summed E-state index contributed by atoms with van der Waals surface area (Å²) in [4.78, 5) is 25.7. The minimum Gasteiger partial charge on any atom is -0.383 e. The van der Waals surface area contributed by atoms with Crippen molar-refractivity contribution in [3.63, 3.8) is 0 Å². The number of rotatable bonds is 6. The van der Waals surface area contributed by atoms with Gasteiger partial charge < -0.3 is 15.0 Å². The molecule has 21 heavy (non-hydrogen) atoms. The Hall–Kier alpha value is -1.89. The van der Waals surface area contributed by atoms with Gasteiger partial charge in [0.15, 0.2) is 0 Å². The average Bonchev–Trinajstić information content (AvgIpc) is 2.89. The van der Waals surface area contributed by atoms with Crippen LogP contribution in [0.2, 0.25) is 0 Å². The molecule has 2 amide bonds. The summed E-state index contributed by atoms with van der Waals surface area (Å²) < 4.78 is 4.99. The largest absolute Gasteiger partial charge is 0.383 e. The number of piperidine rings is 1. The van der Waals surface area contributed by atoms with E-state index >= 15 is 0 Å². The molecule has 0 aliphatic carbocycles. The van der Waals surface area contributed by atoms with Gasteiger partial charge >= 0.3 is 0 Å². The van der Waals surface area contributed by atoms with Crippen LogP contribution in [0.3, 0.4) is 0 Å². The van der Waals surface area contributed by atoms with Crippen LogP contribution >= 0.6 is 0 Å². The van der Waals surface area contributed by atoms with E-state index in [4.69, 9.17) is 4.74 Å². The number of ether oxygens (including phenoxy) is 1. The lowest BCUT2D eigenvalue weighted by Crippen LogP contribution is -2.46. The number of aromatic amines is 1. The van der Waals surface area contributed by atoms with E-state index in [1.807, 2.05) is 13.0 Å². The van der Waals surface area contributed by atoms with Gasteiger partial charge in [0.05, 0.1) is 24.8 Å². The van der Waals surface area contributed by atoms with Crippen molar-refractivity contribution in [2.75, 3.05) is 26.8 Å². The van der Waals surface area contributed by atoms with E-state index in [9.17, 15) is 9.59 Å². The number of hydrogen-bond donors (Lipinski definition) is 2. The molecule has 1 fully saturated rings. The first-order chi connectivity index (χ1) is 10.1. The summed E-state index contributed by atoms with van der Waals surface area (Å²) >= 11 is 0. The second kappa shape index (κ2) is 7.21. The number of aryl methyl sites for hydroxylation is 1. The van der Waals surface area contributed by atoms with E-state index in [1.165, 1.54) is 0 Å². The maximum Gasteiger partial charge on any atom is 0.225 e. The summed E-state index contributed by atoms with van der Waals surface area (Å²) in [5, 5.41) is 9.80. The fraction of sp³-hybridized carbons (Fsp3) is 0.643. The van der Waals surface area contributed by atoms with Crippen LogP contribution in [0.5, 0.6) is 0 Å². The Bertz CT molecular complexity index is 500. The van der Waals surface area contributed by atoms with E-state index < -0.39 is 0 Å². The van der Waals surface area contributed by atoms with Gasteiger partial charge in [0.25, 0.3) is 0 Å². The highest BCUT2D eigenvalue weighted by Crippen LogP contribution is 2.17. The Kier molecular flexibility index (Phi) is 5.32. The molecule has 0 saturated carbocycles. The van der Waals surface area contributed by atoms with E-state index in [0.29, 0.717) is 39.1 Å². The molecular formula is C14H22N4O3. The fourth-order valence-electron chi connectivity index (χ4n) is 2.43. The smallest absolute Gasteiger partial charge is 0.225 e. The number of carbonyl (C=O) groups is 2. The van der Waals surface area contributed by atoms with Crippen LogP contribution < -0.4 is 5.32 Å². The minimum atomic E-state index is -0.153. The molecule has 116 valence electrons. The van der Waals surface area contributed by atoms with Crippen molar-refractivity contribution >= 4 is 11.8 Å². The summed E-state index contributed by atoms with van der Waals surface area (Å²) in [5.74, 6) is -0.0795. The first-order valence-electron chi connectivity index (χ1n) is 7.15. The second-order valence-electron chi connectivity index (χ2n) is 5.33. The van der Waals surface area contributed by atoms with Gasteiger partial charge in [0.2, 0.25) is 11.8 Å². The molecule has 1 aromatic rings. The van der Waals surface area contributed by atoms with Crippen LogP contribution in [0.1, 0.15) is 24.2 Å². The third kappa shape index (κ3) is 4.29. The van der Waals surface area contributed by atoms with Gasteiger partial charge in [0, 0.05) is 32.3 Å². The maximum absolute atomic E-state index is 12.2. The third-order valence-electron chi connectivity index (χ3n) is 3.64. The predicted molar refractivity (Wildman–Crippen MR) is 76.4 cm³/mol. The van der Waals surface area contributed by atoms with Crippen LogP contribution in [0, 0.1) is 12.8 Å². The summed E-state index contributed by atoms with van der Waals surface area (Å²) in [7, 11) is 1.60. The molecule has 0 bridgehead atoms. The normalized spacial score (nSPS) is 18.9. The zero-order valence-electron chi connectivity index (χ0n) is 12.5. The number of H-pyrrole nitrogens is 1. The Morgan fingerprint density at radius 3 is 3.10 bits per heavy atom. The summed E-state index contributed by atoms with van der Waals surface area (Å²) in [6, 6.07) is 1.90. The van der Waals surface area contributed by atoms with Crippen molar-refractivity contribution in [1.29, 1.82) is 0 Å². The number of nitrogens with one attached hydrogen (secondary N) is 2. The van der Waals surface area contributed by atoms with Crippen LogP contribution in [-0.2, 0) is 20.9 Å². The molecule has 1 atom stereocenters. The standard InChI is InChI=1S/C14H22N4O3/c1-10-7-12(17-16-10)8-15-14(20)11-3-4-13(19)18(9-11)5-6-21-2/h7,11H,3-6,8-9H2,1-2H3,(H,15,20)(H,16,17)/t11-/m1/s1. The minimum absolute atomic E-state index is 0.0226. The molecule has 0 spiro atoms. The molecule has 7 nitrogen and oxygen atoms in total. The molecule has 7 heteroatoms. The Labute approximate surface area is 124 Å². The summed E-state index contributed by atoms with van der Waals surface area (Å²) in [5.41, 5.74) is 1.78. The predicted octanol–water partition coefficient (Wildman–Crippen LogP) is 0.219. The molecule has 1 aliphatic heterocycles. The highest BCUT2D eigenvalue weighted by atomic mass is 16.5. The molecule has 2 heterocycles. The lowest BCUT2D eigenvalue weighted by molar-refractivity contribution is -0.138. The molecule has 1 aromatic heterocycles. The monoisotopic (exact) mass is 294 g/mol. The van der Waals surface area contributed by atoms with Crippen LogP contribution in [0.4, 0.5) is 0 Å². The van der Waals surface area contributed by atoms with Gasteiger partial charge in [-0.1, -0.05) is 0 Å². The number of hydrogen-bond acceptors (Lipinski definition) is 4. The zero-order chi connectivity index (χ0) is 15.2. The van der Waals surface area contributed by atoms with E-state index in [0.717, 1.165) is 11.4 Å². The lowest BCUT2D eigenvalue weighted by atomic mass is 9.96. The highest BCUT2D eigenvalue weighted by molar-refractivity contribution is 5.83. The van der Waals surface area contributed by atoms with Crippen molar-refractivity contribution < 1.29 is 14.3 Å². The number of nitrogens with zero attached hydrogens (tertiary/aromatic N) is 2. The van der Waals surface area contributed by atoms with Crippen LogP contribution in [0.25, 0.3) is 0 Å². The number of aromatic nitrogens is 2. The van der Waals surface area contributed by atoms with Gasteiger partial charge in [-0.05, 0) is 19.4 Å². The molecule has 0 aromatic carbocycles. The molecule has 0 unspecified atom stereocenters. The third-order valence-corrected chi connectivity index (χ3v) is 3.64. The lowest BCUT2D eigenvalue weighted by Gasteiger charge is -2.31. The molecule has 2 N–H and O–H groups in total. The van der Waals surface area contributed by atoms with Gasteiger partial charge in [0.1, 0.15) is 0 Å². The van der Waals surface area contributed by atoms with Crippen LogP contribution in [0.15, 0.2) is 6.07 Å². The topological polar surface area (TPSA) is 87.3 Å². The first-order valence-corrected chi connectivity index (χ1v) is 7.15. The van der Waals surface area contributed by atoms with Gasteiger partial charge in [-0.2, -0.15) is 5.10 Å². The van der Waals surface area contributed by atoms with E-state index in [2.05, 4.69) is 15.5 Å². The summed E-state index contributed by atoms with van der Waals surface area (Å²) in [6.07, 6.45) is 1.02. The quantitative estimate of drug-likeness (QED) is 0.785. The van der Waals surface area contributed by atoms with Gasteiger partial charge in [-0.3, -0.25) is 14.7 Å². The van der Waals surface area contributed by atoms with E-state index in [1.54, 1.807) is 12.0 Å². The molecule has 2 rings (SSSR count). The van der Waals surface area contributed by atoms with E-state index in [-0.39, 0.29) is 17.7 Å². The number of carbonyl (C=O) groups excluding carboxylic acids is 2. The van der Waals surface area contributed by atoms with Crippen LogP contribution in [-0.4, -0.2) is 53.7 Å². The maximum atomic E-state index is 12.2. The summed E-state index contributed by atoms with van der Waals surface area (Å²) in [6.45, 7) is 3.82. The number of amides is 2.